The molecule has 1 amide bonds. The van der Waals surface area contributed by atoms with Gasteiger partial charge in [-0.15, -0.1) is 0 Å². The molecule has 0 bridgehead atoms. The number of rotatable bonds is 3. The van der Waals surface area contributed by atoms with Crippen LogP contribution in [0, 0.1) is 5.92 Å². The maximum Gasteiger partial charge on any atom is 0.308 e. The molecule has 1 aromatic carbocycles. The summed E-state index contributed by atoms with van der Waals surface area (Å²) in [5.41, 5.74) is 0.857. The number of oxazole rings is 1. The van der Waals surface area contributed by atoms with Crippen molar-refractivity contribution in [2.45, 2.75) is 12.8 Å². The molecule has 0 aliphatic carbocycles. The highest BCUT2D eigenvalue weighted by Crippen LogP contribution is 2.28. The predicted octanol–water partition coefficient (Wildman–Crippen LogP) is 3.67. The van der Waals surface area contributed by atoms with Crippen molar-refractivity contribution in [3.63, 3.8) is 0 Å². The number of amides is 1. The number of halogens is 2. The van der Waals surface area contributed by atoms with Crippen molar-refractivity contribution < 1.29 is 18.7 Å². The summed E-state index contributed by atoms with van der Waals surface area (Å²) in [7, 11) is 1.37. The summed E-state index contributed by atoms with van der Waals surface area (Å²) >= 11 is 11.9. The number of piperidine rings is 1. The highest BCUT2D eigenvalue weighted by Gasteiger charge is 2.29. The first-order chi connectivity index (χ1) is 12.0. The molecule has 0 saturated carbocycles. The number of hydrogen-bond donors (Lipinski definition) is 0. The summed E-state index contributed by atoms with van der Waals surface area (Å²) in [6.07, 6.45) is 2.48. The maximum atomic E-state index is 12.6. The van der Waals surface area contributed by atoms with E-state index in [0.29, 0.717) is 47.4 Å². The third-order valence-electron chi connectivity index (χ3n) is 4.21. The summed E-state index contributed by atoms with van der Waals surface area (Å²) in [4.78, 5) is 30.0. The van der Waals surface area contributed by atoms with Crippen LogP contribution in [0.2, 0.25) is 10.0 Å². The Labute approximate surface area is 154 Å². The highest BCUT2D eigenvalue weighted by molar-refractivity contribution is 6.42. The van der Waals surface area contributed by atoms with Crippen molar-refractivity contribution in [2.24, 2.45) is 5.92 Å². The molecule has 1 fully saturated rings. The number of methoxy groups -OCH3 is 1. The lowest BCUT2D eigenvalue weighted by Gasteiger charge is -2.30. The van der Waals surface area contributed by atoms with Crippen LogP contribution in [0.3, 0.4) is 0 Å². The topological polar surface area (TPSA) is 72.6 Å². The Balaban J connectivity index is 1.69. The van der Waals surface area contributed by atoms with E-state index in [1.54, 1.807) is 23.1 Å². The average molecular weight is 383 g/mol. The van der Waals surface area contributed by atoms with E-state index in [4.69, 9.17) is 32.4 Å². The van der Waals surface area contributed by atoms with Crippen molar-refractivity contribution in [1.29, 1.82) is 0 Å². The van der Waals surface area contributed by atoms with Gasteiger partial charge in [-0.05, 0) is 31.0 Å². The van der Waals surface area contributed by atoms with Gasteiger partial charge in [-0.25, -0.2) is 4.98 Å². The first-order valence-corrected chi connectivity index (χ1v) is 8.53. The first kappa shape index (κ1) is 17.8. The smallest absolute Gasteiger partial charge is 0.308 e. The second kappa shape index (κ2) is 7.45. The van der Waals surface area contributed by atoms with Gasteiger partial charge in [-0.3, -0.25) is 9.59 Å². The summed E-state index contributed by atoms with van der Waals surface area (Å²) in [6.45, 7) is 0.959. The van der Waals surface area contributed by atoms with Gasteiger partial charge >= 0.3 is 5.97 Å². The number of ether oxygens (including phenoxy) is 1. The molecule has 1 saturated heterocycles. The second-order valence-corrected chi connectivity index (χ2v) is 6.57. The number of nitrogens with zero attached hydrogens (tertiary/aromatic N) is 2. The van der Waals surface area contributed by atoms with Crippen LogP contribution in [0.25, 0.3) is 11.5 Å². The maximum absolute atomic E-state index is 12.6. The zero-order valence-electron chi connectivity index (χ0n) is 13.5. The van der Waals surface area contributed by atoms with E-state index in [2.05, 4.69) is 4.98 Å². The lowest BCUT2D eigenvalue weighted by atomic mass is 9.97. The monoisotopic (exact) mass is 382 g/mol. The number of esters is 1. The molecule has 0 N–H and O–H groups in total. The molecule has 8 heteroatoms. The zero-order valence-corrected chi connectivity index (χ0v) is 15.0. The third kappa shape index (κ3) is 3.80. The summed E-state index contributed by atoms with van der Waals surface area (Å²) in [6, 6.07) is 4.99. The Kier molecular flexibility index (Phi) is 5.30. The highest BCUT2D eigenvalue weighted by atomic mass is 35.5. The normalized spacial score (nSPS) is 15.2. The van der Waals surface area contributed by atoms with E-state index in [9.17, 15) is 9.59 Å². The van der Waals surface area contributed by atoms with Crippen LogP contribution in [0.5, 0.6) is 0 Å². The number of carbonyl (C=O) groups excluding carboxylic acids is 2. The minimum Gasteiger partial charge on any atom is -0.469 e. The van der Waals surface area contributed by atoms with Gasteiger partial charge in [0.15, 0.2) is 5.69 Å². The van der Waals surface area contributed by atoms with Crippen LogP contribution < -0.4 is 0 Å². The average Bonchev–Trinajstić information content (AvgIpc) is 3.13. The third-order valence-corrected chi connectivity index (χ3v) is 4.95. The molecular weight excluding hydrogens is 367 g/mol. The van der Waals surface area contributed by atoms with Crippen LogP contribution >= 0.6 is 23.2 Å². The van der Waals surface area contributed by atoms with Gasteiger partial charge in [0.2, 0.25) is 5.89 Å². The molecule has 1 aliphatic rings. The van der Waals surface area contributed by atoms with Gasteiger partial charge in [-0.1, -0.05) is 23.2 Å². The summed E-state index contributed by atoms with van der Waals surface area (Å²) < 4.78 is 10.2. The van der Waals surface area contributed by atoms with Crippen LogP contribution in [-0.4, -0.2) is 42.0 Å². The fourth-order valence-corrected chi connectivity index (χ4v) is 3.08. The fourth-order valence-electron chi connectivity index (χ4n) is 2.78. The van der Waals surface area contributed by atoms with Crippen molar-refractivity contribution in [2.75, 3.05) is 20.2 Å². The molecule has 0 spiro atoms. The van der Waals surface area contributed by atoms with E-state index in [-0.39, 0.29) is 23.5 Å². The molecule has 132 valence electrons. The number of benzene rings is 1. The van der Waals surface area contributed by atoms with Gasteiger partial charge in [0, 0.05) is 18.7 Å². The van der Waals surface area contributed by atoms with E-state index in [1.807, 2.05) is 0 Å². The fraction of sp³-hybridized carbons (Fsp3) is 0.353. The number of hydrogen-bond acceptors (Lipinski definition) is 5. The van der Waals surface area contributed by atoms with E-state index in [1.165, 1.54) is 13.4 Å². The largest absolute Gasteiger partial charge is 0.469 e. The first-order valence-electron chi connectivity index (χ1n) is 7.77. The summed E-state index contributed by atoms with van der Waals surface area (Å²) in [5, 5.41) is 0.817. The number of aromatic nitrogens is 1. The SMILES string of the molecule is COC(=O)C1CCN(C(=O)c2coc(-c3ccc(Cl)c(Cl)c3)n2)CC1. The van der Waals surface area contributed by atoms with Crippen LogP contribution in [0.4, 0.5) is 0 Å². The van der Waals surface area contributed by atoms with Crippen molar-refractivity contribution in [1.82, 2.24) is 9.88 Å². The molecule has 25 heavy (non-hydrogen) atoms. The van der Waals surface area contributed by atoms with Gasteiger partial charge < -0.3 is 14.1 Å². The van der Waals surface area contributed by atoms with E-state index < -0.39 is 0 Å². The minimum atomic E-state index is -0.226. The van der Waals surface area contributed by atoms with Crippen molar-refractivity contribution in [3.05, 3.63) is 40.2 Å². The summed E-state index contributed by atoms with van der Waals surface area (Å²) in [5.74, 6) is -0.307. The molecule has 0 unspecified atom stereocenters. The number of likely N-dealkylation sites (tertiary alicyclic amines) is 1. The van der Waals surface area contributed by atoms with Gasteiger partial charge in [0.05, 0.1) is 23.1 Å². The molecular formula is C17H16Cl2N2O4. The molecule has 0 radical (unpaired) electrons. The molecule has 6 nitrogen and oxygen atoms in total. The van der Waals surface area contributed by atoms with E-state index in [0.717, 1.165) is 0 Å². The van der Waals surface area contributed by atoms with E-state index >= 15 is 0 Å². The van der Waals surface area contributed by atoms with Gasteiger partial charge in [-0.2, -0.15) is 0 Å². The van der Waals surface area contributed by atoms with Crippen LogP contribution in [0.15, 0.2) is 28.9 Å². The molecule has 2 heterocycles. The lowest BCUT2D eigenvalue weighted by molar-refractivity contribution is -0.146. The molecule has 2 aromatic rings. The quantitative estimate of drug-likeness (QED) is 0.757. The number of carbonyl (C=O) groups is 2. The Morgan fingerprint density at radius 2 is 1.96 bits per heavy atom. The van der Waals surface area contributed by atoms with Gasteiger partial charge in [0.25, 0.3) is 5.91 Å². The Bertz CT molecular complexity index is 798. The van der Waals surface area contributed by atoms with Crippen molar-refractivity contribution in [3.8, 4) is 11.5 Å². The zero-order chi connectivity index (χ0) is 18.0. The Hall–Kier alpha value is -2.05. The van der Waals surface area contributed by atoms with Gasteiger partial charge in [0.1, 0.15) is 6.26 Å². The Morgan fingerprint density at radius 1 is 1.24 bits per heavy atom. The van der Waals surface area contributed by atoms with Crippen LogP contribution in [-0.2, 0) is 9.53 Å². The van der Waals surface area contributed by atoms with Crippen LogP contribution in [0.1, 0.15) is 23.3 Å². The molecule has 1 aliphatic heterocycles. The standard InChI is InChI=1S/C17H16Cl2N2O4/c1-24-17(23)10-4-6-21(7-5-10)16(22)14-9-25-15(20-14)11-2-3-12(18)13(19)8-11/h2-3,8-10H,4-7H2,1H3. The lowest BCUT2D eigenvalue weighted by Crippen LogP contribution is -2.40. The second-order valence-electron chi connectivity index (χ2n) is 5.76. The van der Waals surface area contributed by atoms with Crippen molar-refractivity contribution >= 4 is 35.1 Å². The molecule has 3 rings (SSSR count). The predicted molar refractivity (Wildman–Crippen MR) is 92.6 cm³/mol. The molecule has 0 atom stereocenters. The molecule has 1 aromatic heterocycles. The minimum absolute atomic E-state index is 0.155. The Morgan fingerprint density at radius 3 is 2.60 bits per heavy atom.